The number of alkyl halides is 1. The molecule has 12 heavy (non-hydrogen) atoms. The van der Waals surface area contributed by atoms with Gasteiger partial charge < -0.3 is 0 Å². The number of halogens is 1. The molecule has 1 fully saturated rings. The van der Waals surface area contributed by atoms with E-state index >= 15 is 0 Å². The maximum atomic E-state index is 11.5. The van der Waals surface area contributed by atoms with Crippen LogP contribution in [0.2, 0.25) is 0 Å². The van der Waals surface area contributed by atoms with Gasteiger partial charge >= 0.3 is 0 Å². The van der Waals surface area contributed by atoms with Gasteiger partial charge in [0.05, 0.1) is 5.75 Å². The summed E-state index contributed by atoms with van der Waals surface area (Å²) in [5.74, 6) is 0.629. The van der Waals surface area contributed by atoms with Crippen molar-refractivity contribution in [2.24, 2.45) is 0 Å². The van der Waals surface area contributed by atoms with Gasteiger partial charge in [-0.3, -0.25) is 0 Å². The second-order valence-corrected chi connectivity index (χ2v) is 5.43. The van der Waals surface area contributed by atoms with Crippen LogP contribution in [0, 0.1) is 0 Å². The molecule has 0 unspecified atom stereocenters. The van der Waals surface area contributed by atoms with Crippen LogP contribution in [-0.4, -0.2) is 37.4 Å². The minimum Gasteiger partial charge on any atom is -0.212 e. The summed E-state index contributed by atoms with van der Waals surface area (Å²) >= 11 is 5.43. The van der Waals surface area contributed by atoms with Crippen molar-refractivity contribution >= 4 is 21.6 Å². The molecule has 1 rings (SSSR count). The second kappa shape index (κ2) is 4.44. The van der Waals surface area contributed by atoms with E-state index in [1.165, 1.54) is 0 Å². The van der Waals surface area contributed by atoms with E-state index in [0.717, 1.165) is 12.8 Å². The molecule has 0 amide bonds. The Balaban J connectivity index is 2.46. The molecule has 1 heterocycles. The lowest BCUT2D eigenvalue weighted by Gasteiger charge is -2.14. The third kappa shape index (κ3) is 2.61. The minimum absolute atomic E-state index is 0.205. The van der Waals surface area contributed by atoms with Crippen LogP contribution in [0.1, 0.15) is 19.3 Å². The molecule has 3 nitrogen and oxygen atoms in total. The Kier molecular flexibility index (Phi) is 3.80. The third-order valence-corrected chi connectivity index (χ3v) is 4.22. The lowest BCUT2D eigenvalue weighted by molar-refractivity contribution is 0.477. The van der Waals surface area contributed by atoms with Crippen molar-refractivity contribution in [3.05, 3.63) is 0 Å². The third-order valence-electron chi connectivity index (χ3n) is 1.99. The molecule has 0 aromatic heterocycles. The van der Waals surface area contributed by atoms with Gasteiger partial charge in [0.2, 0.25) is 10.0 Å². The Bertz CT molecular complexity index is 222. The molecular formula is C7H14ClNO2S. The number of hydrogen-bond acceptors (Lipinski definition) is 2. The van der Waals surface area contributed by atoms with Gasteiger partial charge in [-0.05, 0) is 19.3 Å². The van der Waals surface area contributed by atoms with Crippen LogP contribution in [-0.2, 0) is 10.0 Å². The van der Waals surface area contributed by atoms with Crippen molar-refractivity contribution in [3.8, 4) is 0 Å². The first-order valence-electron chi connectivity index (χ1n) is 4.20. The van der Waals surface area contributed by atoms with Crippen molar-refractivity contribution in [1.82, 2.24) is 4.31 Å². The Labute approximate surface area is 78.7 Å². The number of rotatable bonds is 4. The SMILES string of the molecule is O=S(=O)(CCCCl)N1CCCC1. The Morgan fingerprint density at radius 2 is 1.83 bits per heavy atom. The molecule has 0 spiro atoms. The predicted molar refractivity (Wildman–Crippen MR) is 49.9 cm³/mol. The molecule has 0 radical (unpaired) electrons. The first-order chi connectivity index (χ1) is 5.67. The maximum Gasteiger partial charge on any atom is 0.214 e. The summed E-state index contributed by atoms with van der Waals surface area (Å²) in [6.07, 6.45) is 2.56. The van der Waals surface area contributed by atoms with E-state index in [2.05, 4.69) is 0 Å². The topological polar surface area (TPSA) is 37.4 Å². The van der Waals surface area contributed by atoms with Crippen molar-refractivity contribution < 1.29 is 8.42 Å². The summed E-state index contributed by atoms with van der Waals surface area (Å²) in [4.78, 5) is 0. The number of sulfonamides is 1. The minimum atomic E-state index is -2.97. The largest absolute Gasteiger partial charge is 0.214 e. The molecule has 0 aliphatic carbocycles. The molecule has 0 atom stereocenters. The fraction of sp³-hybridized carbons (Fsp3) is 1.00. The van der Waals surface area contributed by atoms with E-state index in [0.29, 0.717) is 25.4 Å². The second-order valence-electron chi connectivity index (χ2n) is 2.96. The molecule has 0 aromatic carbocycles. The van der Waals surface area contributed by atoms with Gasteiger partial charge in [0, 0.05) is 19.0 Å². The highest BCUT2D eigenvalue weighted by Crippen LogP contribution is 2.13. The standard InChI is InChI=1S/C7H14ClNO2S/c8-4-3-7-12(10,11)9-5-1-2-6-9/h1-7H2. The van der Waals surface area contributed by atoms with Crippen molar-refractivity contribution in [1.29, 1.82) is 0 Å². The van der Waals surface area contributed by atoms with E-state index in [-0.39, 0.29) is 5.75 Å². The van der Waals surface area contributed by atoms with E-state index in [4.69, 9.17) is 11.6 Å². The van der Waals surface area contributed by atoms with E-state index < -0.39 is 10.0 Å². The molecule has 72 valence electrons. The van der Waals surface area contributed by atoms with Crippen molar-refractivity contribution in [2.45, 2.75) is 19.3 Å². The van der Waals surface area contributed by atoms with Gasteiger partial charge in [0.15, 0.2) is 0 Å². The molecule has 0 N–H and O–H groups in total. The molecule has 0 aromatic rings. The number of nitrogens with zero attached hydrogens (tertiary/aromatic N) is 1. The molecule has 0 saturated carbocycles. The first kappa shape index (κ1) is 10.3. The van der Waals surface area contributed by atoms with E-state index in [1.807, 2.05) is 0 Å². The monoisotopic (exact) mass is 211 g/mol. The summed E-state index contributed by atoms with van der Waals surface area (Å²) in [6, 6.07) is 0. The Morgan fingerprint density at radius 1 is 1.25 bits per heavy atom. The summed E-state index contributed by atoms with van der Waals surface area (Å²) in [6.45, 7) is 1.40. The fourth-order valence-corrected chi connectivity index (χ4v) is 3.21. The van der Waals surface area contributed by atoms with Crippen LogP contribution in [0.5, 0.6) is 0 Å². The average molecular weight is 212 g/mol. The van der Waals surface area contributed by atoms with Crippen molar-refractivity contribution in [3.63, 3.8) is 0 Å². The Morgan fingerprint density at radius 3 is 2.33 bits per heavy atom. The van der Waals surface area contributed by atoms with Crippen molar-refractivity contribution in [2.75, 3.05) is 24.7 Å². The van der Waals surface area contributed by atoms with Gasteiger partial charge in [-0.15, -0.1) is 11.6 Å². The van der Waals surface area contributed by atoms with E-state index in [9.17, 15) is 8.42 Å². The van der Waals surface area contributed by atoms with Crippen LogP contribution in [0.25, 0.3) is 0 Å². The highest BCUT2D eigenvalue weighted by atomic mass is 35.5. The zero-order valence-corrected chi connectivity index (χ0v) is 8.57. The molecule has 5 heteroatoms. The van der Waals surface area contributed by atoms with Gasteiger partial charge in [-0.25, -0.2) is 12.7 Å². The zero-order valence-electron chi connectivity index (χ0n) is 7.00. The van der Waals surface area contributed by atoms with Gasteiger partial charge in [0.1, 0.15) is 0 Å². The average Bonchev–Trinajstić information content (AvgIpc) is 2.53. The van der Waals surface area contributed by atoms with Crippen LogP contribution >= 0.6 is 11.6 Å². The molecule has 0 bridgehead atoms. The van der Waals surface area contributed by atoms with Gasteiger partial charge in [-0.2, -0.15) is 0 Å². The summed E-state index contributed by atoms with van der Waals surface area (Å²) in [5, 5.41) is 0. The number of hydrogen-bond donors (Lipinski definition) is 0. The zero-order chi connectivity index (χ0) is 9.03. The predicted octanol–water partition coefficient (Wildman–Crippen LogP) is 1.04. The Hall–Kier alpha value is 0.200. The molecular weight excluding hydrogens is 198 g/mol. The summed E-state index contributed by atoms with van der Waals surface area (Å²) in [7, 11) is -2.97. The summed E-state index contributed by atoms with van der Waals surface area (Å²) in [5.41, 5.74) is 0. The fourth-order valence-electron chi connectivity index (χ4n) is 1.33. The highest BCUT2D eigenvalue weighted by Gasteiger charge is 2.24. The lowest BCUT2D eigenvalue weighted by atomic mass is 10.4. The van der Waals surface area contributed by atoms with Gasteiger partial charge in [-0.1, -0.05) is 0 Å². The van der Waals surface area contributed by atoms with Crippen LogP contribution in [0.4, 0.5) is 0 Å². The summed E-state index contributed by atoms with van der Waals surface area (Å²) < 4.78 is 24.5. The normalized spacial score (nSPS) is 20.1. The highest BCUT2D eigenvalue weighted by molar-refractivity contribution is 7.89. The van der Waals surface area contributed by atoms with Crippen LogP contribution in [0.3, 0.4) is 0 Å². The van der Waals surface area contributed by atoms with E-state index in [1.54, 1.807) is 4.31 Å². The maximum absolute atomic E-state index is 11.5. The lowest BCUT2D eigenvalue weighted by Crippen LogP contribution is -2.30. The van der Waals surface area contributed by atoms with Gasteiger partial charge in [0.25, 0.3) is 0 Å². The molecule has 1 aliphatic rings. The van der Waals surface area contributed by atoms with Crippen LogP contribution < -0.4 is 0 Å². The first-order valence-corrected chi connectivity index (χ1v) is 6.35. The van der Waals surface area contributed by atoms with Crippen LogP contribution in [0.15, 0.2) is 0 Å². The molecule has 1 aliphatic heterocycles. The molecule has 1 saturated heterocycles. The quantitative estimate of drug-likeness (QED) is 0.652. The smallest absolute Gasteiger partial charge is 0.212 e.